The van der Waals surface area contributed by atoms with Crippen LogP contribution in [0.4, 0.5) is 0 Å². The maximum atomic E-state index is 8.17. The number of thiocyanates is 1. The monoisotopic (exact) mass is 155 g/mol. The Morgan fingerprint density at radius 2 is 2.30 bits per heavy atom. The third kappa shape index (κ3) is 6.48. The molecule has 0 rings (SSSR count). The molecule has 0 radical (unpaired) electrons. The zero-order chi connectivity index (χ0) is 7.11. The molecule has 0 aliphatic heterocycles. The topological polar surface area (TPSA) is 42.2 Å². The summed E-state index contributed by atoms with van der Waals surface area (Å²) in [6.07, 6.45) is 0. The van der Waals surface area contributed by atoms with Crippen molar-refractivity contribution >= 4 is 11.8 Å². The summed E-state index contributed by atoms with van der Waals surface area (Å²) in [4.78, 5) is 0. The van der Waals surface area contributed by atoms with E-state index in [0.717, 1.165) is 11.8 Å². The number of ether oxygens (including phenoxy) is 2. The number of nitriles is 1. The van der Waals surface area contributed by atoms with Gasteiger partial charge in [0.25, 0.3) is 0 Å². The van der Waals surface area contributed by atoms with Crippen LogP contribution in [0.1, 0.15) is 1.43 Å². The molecule has 5 heteroatoms. The standard InChI is InChI=1S/C5H9NO2S.Li.H/c1-7-3-5(8-2)9-4-6;;/h5H,3H2,1-2H3;;/q;+1;-1. The van der Waals surface area contributed by atoms with Gasteiger partial charge in [-0.1, -0.05) is 0 Å². The molecule has 10 heavy (non-hydrogen) atoms. The molecule has 0 aromatic heterocycles. The molecule has 1 unspecified atom stereocenters. The molecule has 0 fully saturated rings. The van der Waals surface area contributed by atoms with Gasteiger partial charge in [-0.25, -0.2) is 0 Å². The number of hydrogen-bond acceptors (Lipinski definition) is 4. The molecule has 0 amide bonds. The van der Waals surface area contributed by atoms with E-state index in [1.807, 2.05) is 5.40 Å². The van der Waals surface area contributed by atoms with Crippen LogP contribution in [0.3, 0.4) is 0 Å². The van der Waals surface area contributed by atoms with Crippen molar-refractivity contribution in [3.63, 3.8) is 0 Å². The van der Waals surface area contributed by atoms with Crippen LogP contribution < -0.4 is 18.9 Å². The van der Waals surface area contributed by atoms with Gasteiger partial charge in [0.05, 0.1) is 6.61 Å². The molecule has 3 nitrogen and oxygen atoms in total. The molecule has 0 saturated heterocycles. The first-order chi connectivity index (χ1) is 4.35. The van der Waals surface area contributed by atoms with Crippen LogP contribution in [0.15, 0.2) is 0 Å². The van der Waals surface area contributed by atoms with E-state index in [9.17, 15) is 0 Å². The summed E-state index contributed by atoms with van der Waals surface area (Å²) in [6, 6.07) is 0. The fourth-order valence-electron chi connectivity index (χ4n) is 0.345. The van der Waals surface area contributed by atoms with Gasteiger partial charge in [0.15, 0.2) is 0 Å². The molecule has 0 spiro atoms. The van der Waals surface area contributed by atoms with Crippen LogP contribution >= 0.6 is 11.8 Å². The predicted octanol–water partition coefficient (Wildman–Crippen LogP) is -2.06. The Bertz CT molecular complexity index is 111. The normalized spacial score (nSPS) is 11.3. The van der Waals surface area contributed by atoms with Crippen LogP contribution in [0.25, 0.3) is 0 Å². The Hall–Kier alpha value is 0.357. The van der Waals surface area contributed by atoms with E-state index in [1.54, 1.807) is 14.2 Å². The Labute approximate surface area is 78.7 Å². The van der Waals surface area contributed by atoms with Crippen LogP contribution in [0.2, 0.25) is 0 Å². The average Bonchev–Trinajstić information content (AvgIpc) is 1.88. The van der Waals surface area contributed by atoms with Crippen LogP contribution in [-0.4, -0.2) is 26.3 Å². The molecular formula is C5H10LiNO2S. The smallest absolute Gasteiger partial charge is 1.00 e. The number of methoxy groups -OCH3 is 2. The molecular weight excluding hydrogens is 145 g/mol. The van der Waals surface area contributed by atoms with Crippen molar-refractivity contribution in [1.82, 2.24) is 0 Å². The second-order valence-corrected chi connectivity index (χ2v) is 2.27. The Kier molecular flexibility index (Phi) is 12.1. The summed E-state index contributed by atoms with van der Waals surface area (Å²) >= 11 is 1.06. The molecule has 0 aliphatic rings. The van der Waals surface area contributed by atoms with E-state index >= 15 is 0 Å². The molecule has 0 saturated carbocycles. The minimum Gasteiger partial charge on any atom is -1.00 e. The summed E-state index contributed by atoms with van der Waals surface area (Å²) in [5.41, 5.74) is -0.153. The van der Waals surface area contributed by atoms with E-state index in [2.05, 4.69) is 0 Å². The van der Waals surface area contributed by atoms with E-state index < -0.39 is 0 Å². The van der Waals surface area contributed by atoms with E-state index in [4.69, 9.17) is 14.7 Å². The van der Waals surface area contributed by atoms with Gasteiger partial charge >= 0.3 is 18.9 Å². The first-order valence-electron chi connectivity index (χ1n) is 2.41. The minimum atomic E-state index is -0.153. The second-order valence-electron chi connectivity index (χ2n) is 1.33. The Balaban J connectivity index is -0.000000320. The van der Waals surface area contributed by atoms with E-state index in [0.29, 0.717) is 6.61 Å². The molecule has 0 aromatic carbocycles. The number of thioether (sulfide) groups is 1. The van der Waals surface area contributed by atoms with Crippen molar-refractivity contribution in [2.45, 2.75) is 5.44 Å². The molecule has 0 aliphatic carbocycles. The summed E-state index contributed by atoms with van der Waals surface area (Å²) in [6.45, 7) is 0.453. The van der Waals surface area contributed by atoms with E-state index in [1.165, 1.54) is 0 Å². The Morgan fingerprint density at radius 1 is 1.70 bits per heavy atom. The number of rotatable bonds is 4. The fourth-order valence-corrected chi connectivity index (χ4v) is 0.763. The maximum absolute atomic E-state index is 8.17. The zero-order valence-corrected chi connectivity index (χ0v) is 7.27. The van der Waals surface area contributed by atoms with Gasteiger partial charge in [-0.2, -0.15) is 5.26 Å². The number of hydrogen-bond donors (Lipinski definition) is 0. The fraction of sp³-hybridized carbons (Fsp3) is 0.800. The first kappa shape index (κ1) is 13.0. The average molecular weight is 155 g/mol. The summed E-state index contributed by atoms with van der Waals surface area (Å²) in [7, 11) is 3.12. The van der Waals surface area contributed by atoms with Crippen molar-refractivity contribution < 1.29 is 29.8 Å². The van der Waals surface area contributed by atoms with E-state index in [-0.39, 0.29) is 25.7 Å². The second kappa shape index (κ2) is 9.36. The predicted molar refractivity (Wildman–Crippen MR) is 37.0 cm³/mol. The number of nitrogens with zero attached hydrogens (tertiary/aromatic N) is 1. The maximum Gasteiger partial charge on any atom is 1.00 e. The van der Waals surface area contributed by atoms with Crippen molar-refractivity contribution in [2.75, 3.05) is 20.8 Å². The molecule has 1 atom stereocenters. The van der Waals surface area contributed by atoms with Crippen molar-refractivity contribution in [3.8, 4) is 5.40 Å². The van der Waals surface area contributed by atoms with Gasteiger partial charge in [0, 0.05) is 14.2 Å². The van der Waals surface area contributed by atoms with Gasteiger partial charge in [-0.3, -0.25) is 0 Å². The van der Waals surface area contributed by atoms with Gasteiger partial charge < -0.3 is 10.9 Å². The van der Waals surface area contributed by atoms with Gasteiger partial charge in [0.1, 0.15) is 10.8 Å². The van der Waals surface area contributed by atoms with Crippen molar-refractivity contribution in [3.05, 3.63) is 0 Å². The summed E-state index contributed by atoms with van der Waals surface area (Å²) < 4.78 is 9.60. The Morgan fingerprint density at radius 3 is 2.60 bits per heavy atom. The third-order valence-electron chi connectivity index (χ3n) is 0.750. The van der Waals surface area contributed by atoms with Crippen molar-refractivity contribution in [1.29, 1.82) is 5.26 Å². The quantitative estimate of drug-likeness (QED) is 0.266. The molecule has 0 bridgehead atoms. The SMILES string of the molecule is COCC(OC)SC#N.[H-].[Li+]. The van der Waals surface area contributed by atoms with Gasteiger partial charge in [-0.15, -0.1) is 0 Å². The van der Waals surface area contributed by atoms with Crippen LogP contribution in [0.5, 0.6) is 0 Å². The molecule has 0 N–H and O–H groups in total. The largest absolute Gasteiger partial charge is 1.00 e. The summed E-state index contributed by atoms with van der Waals surface area (Å²) in [5, 5.41) is 10.1. The zero-order valence-electron chi connectivity index (χ0n) is 7.46. The molecule has 0 aromatic rings. The first-order valence-corrected chi connectivity index (χ1v) is 3.29. The molecule has 54 valence electrons. The summed E-state index contributed by atoms with van der Waals surface area (Å²) in [5.74, 6) is 0. The third-order valence-corrected chi connectivity index (χ3v) is 1.45. The van der Waals surface area contributed by atoms with Gasteiger partial charge in [-0.05, 0) is 11.8 Å². The van der Waals surface area contributed by atoms with Gasteiger partial charge in [0.2, 0.25) is 0 Å². The molecule has 0 heterocycles. The van der Waals surface area contributed by atoms with Crippen LogP contribution in [0, 0.1) is 10.7 Å². The van der Waals surface area contributed by atoms with Crippen LogP contribution in [-0.2, 0) is 9.47 Å². The van der Waals surface area contributed by atoms with Crippen molar-refractivity contribution in [2.24, 2.45) is 0 Å². The minimum absolute atomic E-state index is 0.